The Kier molecular flexibility index (Phi) is 3.65. The lowest BCUT2D eigenvalue weighted by Crippen LogP contribution is -2.07. The largest absolute Gasteiger partial charge is 0.448 e. The third-order valence-electron chi connectivity index (χ3n) is 3.20. The zero-order valence-electron chi connectivity index (χ0n) is 11.2. The molecule has 5 heteroatoms. The fourth-order valence-corrected chi connectivity index (χ4v) is 3.30. The van der Waals surface area contributed by atoms with E-state index in [4.69, 9.17) is 4.42 Å². The van der Waals surface area contributed by atoms with Crippen LogP contribution in [0.2, 0.25) is 0 Å². The van der Waals surface area contributed by atoms with Crippen LogP contribution in [0.3, 0.4) is 0 Å². The number of halogens is 1. The van der Waals surface area contributed by atoms with Crippen LogP contribution >= 0.6 is 27.7 Å². The van der Waals surface area contributed by atoms with Gasteiger partial charge in [0.25, 0.3) is 0 Å². The Balaban J connectivity index is 2.47. The Morgan fingerprint density at radius 3 is 2.95 bits per heavy atom. The summed E-state index contributed by atoms with van der Waals surface area (Å²) in [5.74, 6) is 0.874. The van der Waals surface area contributed by atoms with Gasteiger partial charge in [-0.1, -0.05) is 34.6 Å². The molecule has 3 aromatic heterocycles. The Bertz CT molecular complexity index is 835. The molecule has 0 radical (unpaired) electrons. The van der Waals surface area contributed by atoms with E-state index in [0.29, 0.717) is 16.2 Å². The van der Waals surface area contributed by atoms with Gasteiger partial charge in [-0.05, 0) is 30.9 Å². The Morgan fingerprint density at radius 1 is 1.45 bits per heavy atom. The summed E-state index contributed by atoms with van der Waals surface area (Å²) in [4.78, 5) is 12.6. The van der Waals surface area contributed by atoms with Crippen molar-refractivity contribution in [3.05, 3.63) is 46.2 Å². The van der Waals surface area contributed by atoms with Crippen molar-refractivity contribution < 1.29 is 4.42 Å². The van der Waals surface area contributed by atoms with Crippen molar-refractivity contribution in [1.82, 2.24) is 4.40 Å². The summed E-state index contributed by atoms with van der Waals surface area (Å²) in [6.45, 7) is 4.08. The average molecular weight is 352 g/mol. The van der Waals surface area contributed by atoms with Gasteiger partial charge in [0.1, 0.15) is 5.52 Å². The van der Waals surface area contributed by atoms with Crippen molar-refractivity contribution in [2.75, 3.05) is 5.75 Å². The van der Waals surface area contributed by atoms with Gasteiger partial charge >= 0.3 is 0 Å². The molecule has 0 aromatic carbocycles. The van der Waals surface area contributed by atoms with Crippen molar-refractivity contribution in [1.29, 1.82) is 0 Å². The normalized spacial score (nSPS) is 13.2. The number of rotatable bonds is 3. The summed E-state index contributed by atoms with van der Waals surface area (Å²) in [7, 11) is 0. The number of thioether (sulfide) groups is 1. The van der Waals surface area contributed by atoms with Crippen LogP contribution in [0.25, 0.3) is 16.6 Å². The maximum atomic E-state index is 12.5. The number of hydrogen-bond acceptors (Lipinski definition) is 3. The number of alkyl halides is 1. The van der Waals surface area contributed by atoms with Crippen molar-refractivity contribution in [2.24, 2.45) is 0 Å². The molecule has 3 rings (SSSR count). The van der Waals surface area contributed by atoms with Crippen LogP contribution in [-0.4, -0.2) is 10.2 Å². The van der Waals surface area contributed by atoms with Crippen LogP contribution in [0.5, 0.6) is 0 Å². The second-order valence-corrected chi connectivity index (χ2v) is 7.20. The molecule has 0 saturated heterocycles. The van der Waals surface area contributed by atoms with Crippen LogP contribution < -0.4 is 5.43 Å². The Hall–Kier alpha value is -1.20. The van der Waals surface area contributed by atoms with E-state index >= 15 is 0 Å². The van der Waals surface area contributed by atoms with E-state index in [1.54, 1.807) is 17.8 Å². The smallest absolute Gasteiger partial charge is 0.210 e. The minimum Gasteiger partial charge on any atom is -0.448 e. The fourth-order valence-electron chi connectivity index (χ4n) is 2.34. The molecule has 0 fully saturated rings. The maximum absolute atomic E-state index is 12.5. The van der Waals surface area contributed by atoms with E-state index < -0.39 is 0 Å². The highest BCUT2D eigenvalue weighted by molar-refractivity contribution is 9.09. The van der Waals surface area contributed by atoms with Crippen molar-refractivity contribution in [3.63, 3.8) is 0 Å². The van der Waals surface area contributed by atoms with Crippen LogP contribution in [-0.2, 0) is 0 Å². The van der Waals surface area contributed by atoms with Crippen LogP contribution in [0.4, 0.5) is 0 Å². The second-order valence-electron chi connectivity index (χ2n) is 4.56. The van der Waals surface area contributed by atoms with E-state index in [1.807, 2.05) is 36.6 Å². The summed E-state index contributed by atoms with van der Waals surface area (Å²) in [5.41, 5.74) is 3.28. The number of fused-ring (bicyclic) bond motifs is 3. The molecule has 0 bridgehead atoms. The zero-order chi connectivity index (χ0) is 14.3. The molecule has 0 aliphatic heterocycles. The molecule has 20 heavy (non-hydrogen) atoms. The summed E-state index contributed by atoms with van der Waals surface area (Å²) in [6.07, 6.45) is 1.89. The van der Waals surface area contributed by atoms with Gasteiger partial charge in [0.15, 0.2) is 10.7 Å². The van der Waals surface area contributed by atoms with Crippen LogP contribution in [0.15, 0.2) is 44.8 Å². The molecular weight excluding hydrogens is 338 g/mol. The summed E-state index contributed by atoms with van der Waals surface area (Å²) in [5, 5.41) is 0.672. The first kappa shape index (κ1) is 13.8. The summed E-state index contributed by atoms with van der Waals surface area (Å²) in [6, 6.07) is 7.57. The lowest BCUT2D eigenvalue weighted by Gasteiger charge is -2.11. The summed E-state index contributed by atoms with van der Waals surface area (Å²) < 4.78 is 7.85. The van der Waals surface area contributed by atoms with E-state index in [-0.39, 0.29) is 10.3 Å². The predicted molar refractivity (Wildman–Crippen MR) is 87.2 cm³/mol. The molecule has 3 aromatic rings. The number of nitrogens with zero attached hydrogens (tertiary/aromatic N) is 1. The van der Waals surface area contributed by atoms with E-state index in [9.17, 15) is 4.79 Å². The van der Waals surface area contributed by atoms with Crippen molar-refractivity contribution in [2.45, 2.75) is 23.8 Å². The van der Waals surface area contributed by atoms with E-state index in [0.717, 1.165) is 16.8 Å². The van der Waals surface area contributed by atoms with Gasteiger partial charge in [0, 0.05) is 28.2 Å². The molecule has 0 amide bonds. The SMILES string of the molecule is CCSc1cc(=O)c2c(o1)c(C(C)Br)cc1cccn12. The lowest BCUT2D eigenvalue weighted by atomic mass is 10.1. The van der Waals surface area contributed by atoms with Gasteiger partial charge in [0.05, 0.1) is 0 Å². The third-order valence-corrected chi connectivity index (χ3v) is 4.47. The third kappa shape index (κ3) is 2.19. The maximum Gasteiger partial charge on any atom is 0.210 e. The van der Waals surface area contributed by atoms with Gasteiger partial charge in [-0.15, -0.1) is 0 Å². The van der Waals surface area contributed by atoms with E-state index in [2.05, 4.69) is 22.0 Å². The first-order valence-electron chi connectivity index (χ1n) is 6.46. The second kappa shape index (κ2) is 5.30. The highest BCUT2D eigenvalue weighted by Crippen LogP contribution is 2.32. The Morgan fingerprint density at radius 2 is 2.25 bits per heavy atom. The Labute approximate surface area is 129 Å². The minimum absolute atomic E-state index is 0.00148. The average Bonchev–Trinajstić information content (AvgIpc) is 2.85. The minimum atomic E-state index is -0.00148. The van der Waals surface area contributed by atoms with Gasteiger partial charge < -0.3 is 8.82 Å². The lowest BCUT2D eigenvalue weighted by molar-refractivity contribution is 0.495. The molecule has 0 aliphatic carbocycles. The van der Waals surface area contributed by atoms with Gasteiger partial charge in [-0.25, -0.2) is 0 Å². The topological polar surface area (TPSA) is 34.6 Å². The molecule has 0 N–H and O–H groups in total. The van der Waals surface area contributed by atoms with Crippen LogP contribution in [0.1, 0.15) is 24.2 Å². The molecule has 1 atom stereocenters. The highest BCUT2D eigenvalue weighted by atomic mass is 79.9. The molecule has 3 nitrogen and oxygen atoms in total. The number of pyridine rings is 1. The molecule has 0 spiro atoms. The molecule has 1 unspecified atom stereocenters. The zero-order valence-corrected chi connectivity index (χ0v) is 13.6. The highest BCUT2D eigenvalue weighted by Gasteiger charge is 2.16. The van der Waals surface area contributed by atoms with Gasteiger partial charge in [-0.3, -0.25) is 4.79 Å². The van der Waals surface area contributed by atoms with Crippen molar-refractivity contribution >= 4 is 44.3 Å². The van der Waals surface area contributed by atoms with Crippen molar-refractivity contribution in [3.8, 4) is 0 Å². The molecule has 0 aliphatic rings. The first-order chi connectivity index (χ1) is 9.61. The fraction of sp³-hybridized carbons (Fsp3) is 0.267. The quantitative estimate of drug-likeness (QED) is 0.510. The molecule has 0 saturated carbocycles. The molecule has 104 valence electrons. The standard InChI is InChI=1S/C15H14BrNO2S/c1-3-20-13-8-12(18)14-15(19-13)11(9(2)16)7-10-5-4-6-17(10)14/h4-9H,3H2,1-2H3. The predicted octanol–water partition coefficient (Wildman–Crippen LogP) is 4.61. The monoisotopic (exact) mass is 351 g/mol. The van der Waals surface area contributed by atoms with Gasteiger partial charge in [-0.2, -0.15) is 0 Å². The first-order valence-corrected chi connectivity index (χ1v) is 8.36. The number of hydrogen-bond donors (Lipinski definition) is 0. The van der Waals surface area contributed by atoms with E-state index in [1.165, 1.54) is 0 Å². The van der Waals surface area contributed by atoms with Gasteiger partial charge in [0.2, 0.25) is 5.43 Å². The van der Waals surface area contributed by atoms with Crippen LogP contribution in [0, 0.1) is 0 Å². The molecule has 3 heterocycles. The summed E-state index contributed by atoms with van der Waals surface area (Å²) >= 11 is 5.13. The number of aromatic nitrogens is 1. The molecular formula is C15H14BrNO2S.